The number of nitrogens with one attached hydrogen (secondary N) is 1. The van der Waals surface area contributed by atoms with Crippen LogP contribution in [0.5, 0.6) is 0 Å². The molecule has 0 aliphatic carbocycles. The second kappa shape index (κ2) is 4.27. The number of fused-ring (bicyclic) bond motifs is 1. The van der Waals surface area contributed by atoms with E-state index in [1.54, 1.807) is 0 Å². The normalized spacial score (nSPS) is 27.3. The standard InChI is InChI=1S/C11H8N4O5S/c12-10-14-8(16)7(21-10)11(18)5-3-4(15(19)20)1-2-6(5)13-9(11)17/h1-3,7,18H,(H,13,17)(H2,12,14,16). The van der Waals surface area contributed by atoms with Crippen LogP contribution in [0.2, 0.25) is 0 Å². The zero-order valence-electron chi connectivity index (χ0n) is 10.3. The first-order valence-electron chi connectivity index (χ1n) is 5.71. The number of rotatable bonds is 2. The van der Waals surface area contributed by atoms with Crippen LogP contribution in [0.15, 0.2) is 23.2 Å². The summed E-state index contributed by atoms with van der Waals surface area (Å²) in [6.07, 6.45) is 0. The zero-order chi connectivity index (χ0) is 15.4. The number of aliphatic imine (C=N–C) groups is 1. The molecule has 21 heavy (non-hydrogen) atoms. The van der Waals surface area contributed by atoms with Crippen LogP contribution in [-0.2, 0) is 15.2 Å². The molecule has 2 aliphatic heterocycles. The minimum absolute atomic E-state index is 0.0301. The number of anilines is 1. The van der Waals surface area contributed by atoms with Gasteiger partial charge in [-0.05, 0) is 6.07 Å². The number of amides is 2. The van der Waals surface area contributed by atoms with E-state index in [1.165, 1.54) is 12.1 Å². The minimum Gasteiger partial charge on any atom is -0.378 e. The first-order chi connectivity index (χ1) is 9.84. The Bertz CT molecular complexity index is 733. The molecule has 10 heteroatoms. The molecule has 2 heterocycles. The van der Waals surface area contributed by atoms with Gasteiger partial charge in [0.15, 0.2) is 10.8 Å². The molecule has 1 aromatic rings. The Hall–Kier alpha value is -2.46. The van der Waals surface area contributed by atoms with Gasteiger partial charge in [-0.3, -0.25) is 19.7 Å². The number of nitro benzene ring substituents is 1. The van der Waals surface area contributed by atoms with Crippen molar-refractivity contribution in [3.8, 4) is 0 Å². The molecule has 2 atom stereocenters. The molecule has 2 amide bonds. The highest BCUT2D eigenvalue weighted by atomic mass is 32.2. The lowest BCUT2D eigenvalue weighted by Crippen LogP contribution is -2.46. The molecule has 0 radical (unpaired) electrons. The molecular formula is C11H8N4O5S. The number of carbonyl (C=O) groups is 2. The van der Waals surface area contributed by atoms with Gasteiger partial charge < -0.3 is 16.2 Å². The number of thioether (sulfide) groups is 1. The lowest BCUT2D eigenvalue weighted by atomic mass is 9.90. The van der Waals surface area contributed by atoms with Gasteiger partial charge >= 0.3 is 0 Å². The van der Waals surface area contributed by atoms with E-state index in [1.807, 2.05) is 0 Å². The smallest absolute Gasteiger partial charge is 0.269 e. The second-order valence-electron chi connectivity index (χ2n) is 4.49. The van der Waals surface area contributed by atoms with Crippen LogP contribution in [0.4, 0.5) is 11.4 Å². The van der Waals surface area contributed by atoms with Crippen molar-refractivity contribution in [1.82, 2.24) is 0 Å². The van der Waals surface area contributed by atoms with Crippen molar-refractivity contribution >= 4 is 40.1 Å². The number of non-ortho nitro benzene ring substituents is 1. The molecule has 2 unspecified atom stereocenters. The SMILES string of the molecule is NC1=NC(=O)C(C2(O)C(=O)Nc3ccc([N+](=O)[O-])cc32)S1. The van der Waals surface area contributed by atoms with Crippen LogP contribution in [0, 0.1) is 10.1 Å². The number of amidine groups is 1. The van der Waals surface area contributed by atoms with E-state index in [2.05, 4.69) is 10.3 Å². The molecule has 0 saturated heterocycles. The minimum atomic E-state index is -2.24. The summed E-state index contributed by atoms with van der Waals surface area (Å²) in [4.78, 5) is 37.5. The Morgan fingerprint density at radius 2 is 2.19 bits per heavy atom. The molecule has 3 rings (SSSR count). The van der Waals surface area contributed by atoms with Gasteiger partial charge in [0.05, 0.1) is 4.92 Å². The fourth-order valence-electron chi connectivity index (χ4n) is 2.30. The molecule has 2 aliphatic rings. The Balaban J connectivity index is 2.13. The number of nitrogens with zero attached hydrogens (tertiary/aromatic N) is 2. The monoisotopic (exact) mass is 308 g/mol. The molecule has 1 aromatic carbocycles. The van der Waals surface area contributed by atoms with Gasteiger partial charge in [-0.15, -0.1) is 0 Å². The molecule has 0 spiro atoms. The summed E-state index contributed by atoms with van der Waals surface area (Å²) < 4.78 is 0. The number of nitro groups is 1. The van der Waals surface area contributed by atoms with Gasteiger partial charge in [0.25, 0.3) is 17.5 Å². The molecule has 9 nitrogen and oxygen atoms in total. The molecule has 0 aromatic heterocycles. The molecule has 4 N–H and O–H groups in total. The van der Waals surface area contributed by atoms with E-state index in [9.17, 15) is 24.8 Å². The first kappa shape index (κ1) is 13.5. The highest BCUT2D eigenvalue weighted by molar-refractivity contribution is 8.15. The van der Waals surface area contributed by atoms with Crippen molar-refractivity contribution < 1.29 is 19.6 Å². The molecule has 0 fully saturated rings. The number of hydrogen-bond donors (Lipinski definition) is 3. The fraction of sp³-hybridized carbons (Fsp3) is 0.182. The van der Waals surface area contributed by atoms with Crippen LogP contribution in [0.3, 0.4) is 0 Å². The van der Waals surface area contributed by atoms with E-state index in [-0.39, 0.29) is 22.1 Å². The fourth-order valence-corrected chi connectivity index (χ4v) is 3.24. The summed E-state index contributed by atoms with van der Waals surface area (Å²) in [5.74, 6) is -1.59. The van der Waals surface area contributed by atoms with Crippen LogP contribution in [0.1, 0.15) is 5.56 Å². The molecule has 0 bridgehead atoms. The second-order valence-corrected chi connectivity index (χ2v) is 5.62. The van der Waals surface area contributed by atoms with Gasteiger partial charge in [-0.1, -0.05) is 11.8 Å². The Labute approximate surface area is 121 Å². The average Bonchev–Trinajstić information content (AvgIpc) is 2.88. The van der Waals surface area contributed by atoms with Crippen LogP contribution >= 0.6 is 11.8 Å². The third-order valence-electron chi connectivity index (χ3n) is 3.28. The summed E-state index contributed by atoms with van der Waals surface area (Å²) >= 11 is 0.749. The Kier molecular flexibility index (Phi) is 2.75. The third-order valence-corrected chi connectivity index (χ3v) is 4.39. The van der Waals surface area contributed by atoms with Crippen LogP contribution in [0.25, 0.3) is 0 Å². The maximum Gasteiger partial charge on any atom is 0.269 e. The van der Waals surface area contributed by atoms with Crippen molar-refractivity contribution in [2.75, 3.05) is 5.32 Å². The third kappa shape index (κ3) is 1.80. The molecular weight excluding hydrogens is 300 g/mol. The summed E-state index contributed by atoms with van der Waals surface area (Å²) in [5.41, 5.74) is 3.07. The maximum atomic E-state index is 12.1. The number of nitrogens with two attached hydrogens (primary N) is 1. The summed E-state index contributed by atoms with van der Waals surface area (Å²) in [6, 6.07) is 3.56. The van der Waals surface area contributed by atoms with Gasteiger partial charge in [0.2, 0.25) is 0 Å². The lowest BCUT2D eigenvalue weighted by Gasteiger charge is -2.24. The van der Waals surface area contributed by atoms with Crippen LogP contribution in [-0.4, -0.2) is 32.3 Å². The first-order valence-corrected chi connectivity index (χ1v) is 6.59. The van der Waals surface area contributed by atoms with Crippen molar-refractivity contribution in [2.24, 2.45) is 10.7 Å². The van der Waals surface area contributed by atoms with Crippen molar-refractivity contribution in [3.05, 3.63) is 33.9 Å². The van der Waals surface area contributed by atoms with E-state index >= 15 is 0 Å². The van der Waals surface area contributed by atoms with E-state index in [4.69, 9.17) is 5.73 Å². The lowest BCUT2D eigenvalue weighted by molar-refractivity contribution is -0.385. The number of benzene rings is 1. The summed E-state index contributed by atoms with van der Waals surface area (Å²) in [5, 5.41) is 22.6. The summed E-state index contributed by atoms with van der Waals surface area (Å²) in [7, 11) is 0. The predicted molar refractivity (Wildman–Crippen MR) is 73.6 cm³/mol. The van der Waals surface area contributed by atoms with E-state index in [0.29, 0.717) is 0 Å². The summed E-state index contributed by atoms with van der Waals surface area (Å²) in [6.45, 7) is 0. The predicted octanol–water partition coefficient (Wildman–Crippen LogP) is -0.309. The maximum absolute atomic E-state index is 12.1. The number of hydrogen-bond acceptors (Lipinski definition) is 7. The topological polar surface area (TPSA) is 148 Å². The Morgan fingerprint density at radius 3 is 2.76 bits per heavy atom. The largest absolute Gasteiger partial charge is 0.378 e. The average molecular weight is 308 g/mol. The van der Waals surface area contributed by atoms with Crippen molar-refractivity contribution in [3.63, 3.8) is 0 Å². The van der Waals surface area contributed by atoms with Gasteiger partial charge in [0.1, 0.15) is 5.25 Å². The molecule has 0 saturated carbocycles. The quantitative estimate of drug-likeness (QED) is 0.501. The van der Waals surface area contributed by atoms with E-state index in [0.717, 1.165) is 17.8 Å². The zero-order valence-corrected chi connectivity index (χ0v) is 11.1. The Morgan fingerprint density at radius 1 is 1.48 bits per heavy atom. The highest BCUT2D eigenvalue weighted by Gasteiger charge is 2.57. The molecule has 108 valence electrons. The van der Waals surface area contributed by atoms with Crippen molar-refractivity contribution in [1.29, 1.82) is 0 Å². The number of carbonyl (C=O) groups excluding carboxylic acids is 2. The number of aliphatic hydroxyl groups is 1. The van der Waals surface area contributed by atoms with Gasteiger partial charge in [-0.25, -0.2) is 0 Å². The van der Waals surface area contributed by atoms with Crippen LogP contribution < -0.4 is 11.1 Å². The van der Waals surface area contributed by atoms with Crippen molar-refractivity contribution in [2.45, 2.75) is 10.9 Å². The van der Waals surface area contributed by atoms with Gasteiger partial charge in [0, 0.05) is 23.4 Å². The van der Waals surface area contributed by atoms with Gasteiger partial charge in [-0.2, -0.15) is 4.99 Å². The van der Waals surface area contributed by atoms with E-state index < -0.39 is 27.6 Å². The highest BCUT2D eigenvalue weighted by Crippen LogP contribution is 2.45.